The standard InChI is InChI=1S/C54H67N8/c1-38-31-43(56-45-32-39(2)50(58(5)6)35-46(45)55-42-23-17-15-18-24-42)27-28-49(38)60(9)29-21-13-11-12-14-22-30-61(10)52-37-54-48(34-41(52)4)57-47-33-40(3)51(59(7)8)36-53(47)62(54)44-25-19-16-20-26-44/h15-20,23-26,28,31-37,55H,11-14,21-22,27,29-30H2,1-10H3/q+1. The predicted molar refractivity (Wildman–Crippen MR) is 267 cm³/mol. The molecule has 0 aliphatic heterocycles. The summed E-state index contributed by atoms with van der Waals surface area (Å²) in [6, 6.07) is 34.6. The summed E-state index contributed by atoms with van der Waals surface area (Å²) in [5.74, 6) is 0. The van der Waals surface area contributed by atoms with Crippen molar-refractivity contribution in [1.82, 2.24) is 9.88 Å². The smallest absolute Gasteiger partial charge is 0.239 e. The molecule has 0 spiro atoms. The second-order valence-electron chi connectivity index (χ2n) is 17.7. The summed E-state index contributed by atoms with van der Waals surface area (Å²) in [6.07, 6.45) is 12.9. The molecule has 1 N–H and O–H groups in total. The van der Waals surface area contributed by atoms with E-state index in [1.54, 1.807) is 0 Å². The molecule has 0 bridgehead atoms. The number of aryl methyl sites for hydroxylation is 3. The van der Waals surface area contributed by atoms with Crippen molar-refractivity contribution in [3.8, 4) is 5.69 Å². The van der Waals surface area contributed by atoms with E-state index in [0.29, 0.717) is 0 Å². The Kier molecular flexibility index (Phi) is 14.0. The Hall–Kier alpha value is -6.15. The van der Waals surface area contributed by atoms with Gasteiger partial charge in [0.25, 0.3) is 0 Å². The zero-order valence-corrected chi connectivity index (χ0v) is 38.9. The zero-order chi connectivity index (χ0) is 43.9. The van der Waals surface area contributed by atoms with Gasteiger partial charge in [-0.15, -0.1) is 4.57 Å². The largest absolute Gasteiger partial charge is 0.377 e. The number of unbranched alkanes of at least 4 members (excludes halogenated alkanes) is 5. The molecule has 1 aliphatic carbocycles. The van der Waals surface area contributed by atoms with Crippen molar-refractivity contribution in [1.29, 1.82) is 0 Å². The Morgan fingerprint density at radius 3 is 1.74 bits per heavy atom. The maximum absolute atomic E-state index is 5.20. The molecular formula is C54H67N8+. The van der Waals surface area contributed by atoms with Crippen LogP contribution < -0.4 is 24.6 Å². The SMILES string of the molecule is CC1=CC(=Nc2cc(C)c(N(C)C)cc2Nc2ccccc2)CC=C1N(C)CCCCCCCCN(C)c1cc2c(cc1C)nc1cc(C)c(N(C)C)cc1[n+]2-c1ccccc1. The quantitative estimate of drug-likeness (QED) is 0.0561. The minimum Gasteiger partial charge on any atom is -0.377 e. The lowest BCUT2D eigenvalue weighted by Gasteiger charge is -2.26. The third-order valence-corrected chi connectivity index (χ3v) is 12.3. The molecule has 8 heteroatoms. The van der Waals surface area contributed by atoms with Crippen LogP contribution in [0.2, 0.25) is 0 Å². The molecule has 1 aliphatic rings. The molecule has 322 valence electrons. The first-order valence-electron chi connectivity index (χ1n) is 22.4. The van der Waals surface area contributed by atoms with E-state index in [9.17, 15) is 0 Å². The van der Waals surface area contributed by atoms with Crippen LogP contribution in [0, 0.1) is 20.8 Å². The van der Waals surface area contributed by atoms with E-state index in [0.717, 1.165) is 70.0 Å². The number of hydrogen-bond donors (Lipinski definition) is 1. The van der Waals surface area contributed by atoms with E-state index < -0.39 is 0 Å². The first kappa shape index (κ1) is 43.9. The molecule has 8 nitrogen and oxygen atoms in total. The first-order valence-corrected chi connectivity index (χ1v) is 22.4. The van der Waals surface area contributed by atoms with Crippen molar-refractivity contribution >= 4 is 61.9 Å². The summed E-state index contributed by atoms with van der Waals surface area (Å²) >= 11 is 0. The molecule has 1 aromatic heterocycles. The van der Waals surface area contributed by atoms with Crippen LogP contribution in [0.5, 0.6) is 0 Å². The highest BCUT2D eigenvalue weighted by Gasteiger charge is 2.23. The zero-order valence-electron chi connectivity index (χ0n) is 38.9. The summed E-state index contributed by atoms with van der Waals surface area (Å²) in [5, 5.41) is 3.62. The Morgan fingerprint density at radius 2 is 1.13 bits per heavy atom. The molecule has 0 unspecified atom stereocenters. The van der Waals surface area contributed by atoms with Gasteiger partial charge in [0.05, 0.1) is 11.4 Å². The average molecular weight is 828 g/mol. The van der Waals surface area contributed by atoms with Gasteiger partial charge in [0.1, 0.15) is 11.0 Å². The lowest BCUT2D eigenvalue weighted by atomic mass is 10.0. The Balaban J connectivity index is 0.913. The minimum absolute atomic E-state index is 0.821. The van der Waals surface area contributed by atoms with Crippen LogP contribution in [0.1, 0.15) is 68.6 Å². The number of likely N-dealkylation sites (N-methyl/N-ethyl adjacent to an activating group) is 1. The molecule has 6 aromatic rings. The maximum Gasteiger partial charge on any atom is 0.239 e. The minimum atomic E-state index is 0.821. The van der Waals surface area contributed by atoms with Crippen molar-refractivity contribution in [2.24, 2.45) is 4.99 Å². The van der Waals surface area contributed by atoms with E-state index in [-0.39, 0.29) is 0 Å². The van der Waals surface area contributed by atoms with Crippen LogP contribution in [-0.4, -0.2) is 71.0 Å². The highest BCUT2D eigenvalue weighted by Crippen LogP contribution is 2.36. The molecule has 62 heavy (non-hydrogen) atoms. The number of para-hydroxylation sites is 2. The molecule has 0 atom stereocenters. The van der Waals surface area contributed by atoms with E-state index in [1.807, 2.05) is 6.07 Å². The second kappa shape index (κ2) is 19.7. The third kappa shape index (κ3) is 10.1. The monoisotopic (exact) mass is 828 g/mol. The van der Waals surface area contributed by atoms with Gasteiger partial charge in [0, 0.05) is 120 Å². The van der Waals surface area contributed by atoms with E-state index in [4.69, 9.17) is 9.98 Å². The summed E-state index contributed by atoms with van der Waals surface area (Å²) in [5.41, 5.74) is 19.5. The Bertz CT molecular complexity index is 2610. The highest BCUT2D eigenvalue weighted by atomic mass is 15.1. The topological polar surface area (TPSA) is 54.1 Å². The van der Waals surface area contributed by atoms with Crippen LogP contribution in [0.4, 0.5) is 34.1 Å². The van der Waals surface area contributed by atoms with E-state index >= 15 is 0 Å². The van der Waals surface area contributed by atoms with Crippen LogP contribution in [0.3, 0.4) is 0 Å². The van der Waals surface area contributed by atoms with Crippen molar-refractivity contribution in [2.75, 3.05) is 75.4 Å². The number of hydrogen-bond acceptors (Lipinski definition) is 7. The maximum atomic E-state index is 5.20. The van der Waals surface area contributed by atoms with Gasteiger partial charge in [-0.2, -0.15) is 0 Å². The van der Waals surface area contributed by atoms with Crippen LogP contribution in [0.25, 0.3) is 27.8 Å². The number of fused-ring (bicyclic) bond motifs is 2. The Morgan fingerprint density at radius 1 is 0.597 bits per heavy atom. The van der Waals surface area contributed by atoms with Gasteiger partial charge in [0.15, 0.2) is 0 Å². The molecule has 0 amide bonds. The summed E-state index contributed by atoms with van der Waals surface area (Å²) in [6.45, 7) is 10.9. The number of nitrogens with zero attached hydrogens (tertiary/aromatic N) is 7. The summed E-state index contributed by atoms with van der Waals surface area (Å²) in [7, 11) is 12.9. The van der Waals surface area contributed by atoms with Crippen molar-refractivity contribution < 1.29 is 4.57 Å². The van der Waals surface area contributed by atoms with Gasteiger partial charge >= 0.3 is 0 Å². The van der Waals surface area contributed by atoms with Gasteiger partial charge in [-0.05, 0) is 105 Å². The molecule has 0 fully saturated rings. The first-order chi connectivity index (χ1) is 29.9. The third-order valence-electron chi connectivity index (χ3n) is 12.3. The highest BCUT2D eigenvalue weighted by molar-refractivity contribution is 6.01. The van der Waals surface area contributed by atoms with E-state index in [1.165, 1.54) is 83.5 Å². The molecule has 0 saturated heterocycles. The number of aromatic nitrogens is 2. The number of nitrogens with one attached hydrogen (secondary N) is 1. The predicted octanol–water partition coefficient (Wildman–Crippen LogP) is 12.2. The van der Waals surface area contributed by atoms with Gasteiger partial charge in [0.2, 0.25) is 16.7 Å². The molecule has 5 aromatic carbocycles. The van der Waals surface area contributed by atoms with E-state index in [2.05, 4.69) is 203 Å². The van der Waals surface area contributed by atoms with Gasteiger partial charge in [-0.25, -0.2) is 4.98 Å². The molecule has 7 rings (SSSR count). The fraction of sp³-hybridized carbons (Fsp3) is 0.352. The normalized spacial score (nSPS) is 13.4. The Labute approximate surface area is 370 Å². The summed E-state index contributed by atoms with van der Waals surface area (Å²) < 4.78 is 2.39. The van der Waals surface area contributed by atoms with Crippen molar-refractivity contribution in [3.63, 3.8) is 0 Å². The lowest BCUT2D eigenvalue weighted by Crippen LogP contribution is -2.34. The molecule has 1 heterocycles. The van der Waals surface area contributed by atoms with Crippen LogP contribution in [0.15, 0.2) is 125 Å². The number of aliphatic imine (C=N–C) groups is 1. The number of anilines is 5. The number of benzene rings is 5. The van der Waals surface area contributed by atoms with Crippen molar-refractivity contribution in [3.05, 3.63) is 137 Å². The fourth-order valence-electron chi connectivity index (χ4n) is 9.00. The lowest BCUT2D eigenvalue weighted by molar-refractivity contribution is -0.538. The van der Waals surface area contributed by atoms with Gasteiger partial charge in [-0.1, -0.05) is 68.2 Å². The molecule has 0 saturated carbocycles. The second-order valence-corrected chi connectivity index (χ2v) is 17.7. The number of allylic oxidation sites excluding steroid dienone is 3. The van der Waals surface area contributed by atoms with Gasteiger partial charge < -0.3 is 24.9 Å². The van der Waals surface area contributed by atoms with Crippen molar-refractivity contribution in [2.45, 2.75) is 72.6 Å². The molecule has 0 radical (unpaired) electrons. The summed E-state index contributed by atoms with van der Waals surface area (Å²) in [4.78, 5) is 19.6. The number of rotatable bonds is 17. The molecular weight excluding hydrogens is 761 g/mol. The fourth-order valence-corrected chi connectivity index (χ4v) is 9.00. The van der Waals surface area contributed by atoms with Crippen LogP contribution in [-0.2, 0) is 0 Å². The van der Waals surface area contributed by atoms with Gasteiger partial charge in [-0.3, -0.25) is 4.99 Å². The average Bonchev–Trinajstić information content (AvgIpc) is 3.24. The van der Waals surface area contributed by atoms with Crippen LogP contribution >= 0.6 is 0 Å².